The molecule has 0 saturated heterocycles. The second kappa shape index (κ2) is 8.20. The van der Waals surface area contributed by atoms with E-state index < -0.39 is 18.0 Å². The Bertz CT molecular complexity index is 814. The van der Waals surface area contributed by atoms with E-state index in [1.165, 1.54) is 19.2 Å². The molecule has 0 spiro atoms. The summed E-state index contributed by atoms with van der Waals surface area (Å²) in [5.74, 6) is 2.82. The van der Waals surface area contributed by atoms with Gasteiger partial charge in [0.25, 0.3) is 5.91 Å². The van der Waals surface area contributed by atoms with Crippen molar-refractivity contribution in [1.82, 2.24) is 15.6 Å². The third-order valence-electron chi connectivity index (χ3n) is 2.93. The van der Waals surface area contributed by atoms with Crippen molar-refractivity contribution in [3.63, 3.8) is 0 Å². The van der Waals surface area contributed by atoms with Crippen LogP contribution < -0.4 is 11.3 Å². The fourth-order valence-corrected chi connectivity index (χ4v) is 1.75. The molecule has 1 aromatic carbocycles. The van der Waals surface area contributed by atoms with Crippen LogP contribution in [-0.2, 0) is 22.4 Å². The Morgan fingerprint density at radius 1 is 1.38 bits per heavy atom. The van der Waals surface area contributed by atoms with Gasteiger partial charge in [-0.25, -0.2) is 5.48 Å². The molecule has 2 aromatic rings. The summed E-state index contributed by atoms with van der Waals surface area (Å²) in [6.07, 6.45) is -3.53. The monoisotopic (exact) mass is 370 g/mol. The van der Waals surface area contributed by atoms with E-state index in [9.17, 15) is 18.0 Å². The Balaban J connectivity index is 2.02. The molecule has 2 rings (SSSR count). The second-order valence-electron chi connectivity index (χ2n) is 4.74. The van der Waals surface area contributed by atoms with Gasteiger partial charge in [0, 0.05) is 5.56 Å². The highest BCUT2D eigenvalue weighted by Gasteiger charge is 2.38. The van der Waals surface area contributed by atoms with E-state index in [2.05, 4.69) is 29.6 Å². The number of aliphatic imine (C=N–C) groups is 1. The van der Waals surface area contributed by atoms with Crippen LogP contribution in [0.4, 0.5) is 13.2 Å². The summed E-state index contributed by atoms with van der Waals surface area (Å²) >= 11 is 0. The van der Waals surface area contributed by atoms with Crippen LogP contribution in [0, 0.1) is 0 Å². The van der Waals surface area contributed by atoms with Crippen molar-refractivity contribution in [2.75, 3.05) is 7.11 Å². The fourth-order valence-electron chi connectivity index (χ4n) is 1.75. The largest absolute Gasteiger partial charge is 0.471 e. The average Bonchev–Trinajstić information content (AvgIpc) is 3.10. The first kappa shape index (κ1) is 19.1. The molecular formula is C14H13F3N6O3. The maximum absolute atomic E-state index is 12.5. The average molecular weight is 370 g/mol. The highest BCUT2D eigenvalue weighted by Crippen LogP contribution is 2.29. The molecule has 12 heteroatoms. The first-order valence-corrected chi connectivity index (χ1v) is 6.96. The zero-order valence-corrected chi connectivity index (χ0v) is 13.3. The fraction of sp³-hybridized carbons (Fsp3) is 0.214. The molecule has 0 fully saturated rings. The normalized spacial score (nSPS) is 12.5. The van der Waals surface area contributed by atoms with E-state index in [-0.39, 0.29) is 18.1 Å². The van der Waals surface area contributed by atoms with Gasteiger partial charge in [-0.1, -0.05) is 29.4 Å². The number of hydrogen-bond acceptors (Lipinski definition) is 8. The number of aromatic nitrogens is 2. The van der Waals surface area contributed by atoms with Crippen LogP contribution in [0.1, 0.15) is 11.5 Å². The lowest BCUT2D eigenvalue weighted by Crippen LogP contribution is -2.31. The number of carbonyl (C=O) groups is 1. The van der Waals surface area contributed by atoms with Crippen molar-refractivity contribution >= 4 is 17.8 Å². The van der Waals surface area contributed by atoms with Gasteiger partial charge in [-0.15, -0.1) is 0 Å². The van der Waals surface area contributed by atoms with Crippen LogP contribution >= 0.6 is 0 Å². The van der Waals surface area contributed by atoms with E-state index in [0.29, 0.717) is 11.1 Å². The highest BCUT2D eigenvalue weighted by molar-refractivity contribution is 6.60. The standard InChI is InChI=1S/C14H13F3N6O3/c1-25-23-12(24)10(21-18)7-19-6-8-2-4-9(5-3-8)11-20-13(26-22-11)14(15,16)17/h2-5,7H,6,18H2,1H3,(H,23,24). The number of hydrazone groups is 1. The van der Waals surface area contributed by atoms with Crippen molar-refractivity contribution in [2.45, 2.75) is 12.7 Å². The molecule has 1 heterocycles. The lowest BCUT2D eigenvalue weighted by Gasteiger charge is -2.01. The number of nitrogens with zero attached hydrogens (tertiary/aromatic N) is 4. The lowest BCUT2D eigenvalue weighted by atomic mass is 10.1. The molecular weight excluding hydrogens is 357 g/mol. The molecule has 26 heavy (non-hydrogen) atoms. The van der Waals surface area contributed by atoms with Gasteiger partial charge in [0.05, 0.1) is 19.9 Å². The number of hydrogen-bond donors (Lipinski definition) is 2. The summed E-state index contributed by atoms with van der Waals surface area (Å²) in [7, 11) is 1.26. The number of carbonyl (C=O) groups excluding carboxylic acids is 1. The number of amides is 1. The van der Waals surface area contributed by atoms with E-state index in [1.807, 2.05) is 5.48 Å². The molecule has 0 aliphatic rings. The van der Waals surface area contributed by atoms with Crippen molar-refractivity contribution < 1.29 is 27.3 Å². The van der Waals surface area contributed by atoms with Crippen LogP contribution in [0.3, 0.4) is 0 Å². The van der Waals surface area contributed by atoms with Crippen molar-refractivity contribution in [3.8, 4) is 11.4 Å². The van der Waals surface area contributed by atoms with Crippen LogP contribution in [0.5, 0.6) is 0 Å². The van der Waals surface area contributed by atoms with Crippen LogP contribution in [0.15, 0.2) is 38.9 Å². The summed E-state index contributed by atoms with van der Waals surface area (Å²) in [4.78, 5) is 23.2. The minimum absolute atomic E-state index is 0.144. The Kier molecular flexibility index (Phi) is 6.01. The van der Waals surface area contributed by atoms with Gasteiger partial charge in [0.15, 0.2) is 5.71 Å². The molecule has 9 nitrogen and oxygen atoms in total. The summed E-state index contributed by atoms with van der Waals surface area (Å²) in [6.45, 7) is 0.180. The molecule has 1 amide bonds. The Morgan fingerprint density at radius 3 is 2.62 bits per heavy atom. The van der Waals surface area contributed by atoms with Crippen molar-refractivity contribution in [1.29, 1.82) is 0 Å². The molecule has 0 atom stereocenters. The van der Waals surface area contributed by atoms with E-state index in [0.717, 1.165) is 6.21 Å². The van der Waals surface area contributed by atoms with Gasteiger partial charge in [0.1, 0.15) is 0 Å². The Labute approximate surface area is 144 Å². The number of halogens is 3. The highest BCUT2D eigenvalue weighted by atomic mass is 19.4. The van der Waals surface area contributed by atoms with Crippen molar-refractivity contribution in [3.05, 3.63) is 35.7 Å². The molecule has 0 aliphatic carbocycles. The lowest BCUT2D eigenvalue weighted by molar-refractivity contribution is -0.159. The first-order valence-electron chi connectivity index (χ1n) is 6.96. The number of rotatable bonds is 6. The number of benzene rings is 1. The van der Waals surface area contributed by atoms with Gasteiger partial charge in [-0.3, -0.25) is 14.6 Å². The molecule has 0 radical (unpaired) electrons. The zero-order chi connectivity index (χ0) is 19.2. The SMILES string of the molecule is CONC(=O)C(C=NCc1ccc(-c2noc(C(F)(F)F)n2)cc1)=NN. The third kappa shape index (κ3) is 4.86. The smallest absolute Gasteiger partial charge is 0.329 e. The molecule has 138 valence electrons. The van der Waals surface area contributed by atoms with Gasteiger partial charge in [-0.2, -0.15) is 23.3 Å². The van der Waals surface area contributed by atoms with Gasteiger partial charge < -0.3 is 10.4 Å². The quantitative estimate of drug-likeness (QED) is 0.448. The van der Waals surface area contributed by atoms with E-state index >= 15 is 0 Å². The summed E-state index contributed by atoms with van der Waals surface area (Å²) in [6, 6.07) is 6.27. The van der Waals surface area contributed by atoms with Gasteiger partial charge in [0.2, 0.25) is 5.82 Å². The predicted octanol–water partition coefficient (Wildman–Crippen LogP) is 1.32. The van der Waals surface area contributed by atoms with Gasteiger partial charge in [-0.05, 0) is 5.56 Å². The molecule has 1 aromatic heterocycles. The molecule has 0 saturated carbocycles. The van der Waals surface area contributed by atoms with E-state index in [1.54, 1.807) is 12.1 Å². The molecule has 0 bridgehead atoms. The molecule has 3 N–H and O–H groups in total. The molecule has 0 unspecified atom stereocenters. The van der Waals surface area contributed by atoms with E-state index in [4.69, 9.17) is 5.84 Å². The first-order chi connectivity index (χ1) is 12.3. The maximum atomic E-state index is 12.5. The minimum Gasteiger partial charge on any atom is -0.329 e. The molecule has 0 aliphatic heterocycles. The number of nitrogens with two attached hydrogens (primary N) is 1. The number of hydroxylamine groups is 1. The zero-order valence-electron chi connectivity index (χ0n) is 13.3. The van der Waals surface area contributed by atoms with Crippen LogP contribution in [0.2, 0.25) is 0 Å². The maximum Gasteiger partial charge on any atom is 0.471 e. The van der Waals surface area contributed by atoms with Gasteiger partial charge >= 0.3 is 12.1 Å². The Morgan fingerprint density at radius 2 is 2.08 bits per heavy atom. The third-order valence-corrected chi connectivity index (χ3v) is 2.93. The summed E-state index contributed by atoms with van der Waals surface area (Å²) < 4.78 is 41.5. The second-order valence-corrected chi connectivity index (χ2v) is 4.74. The predicted molar refractivity (Wildman–Crippen MR) is 83.7 cm³/mol. The number of nitrogens with one attached hydrogen (secondary N) is 1. The topological polar surface area (TPSA) is 128 Å². The number of alkyl halides is 3. The Hall–Kier alpha value is -3.28. The van der Waals surface area contributed by atoms with Crippen LogP contribution in [-0.4, -0.2) is 35.1 Å². The summed E-state index contributed by atoms with van der Waals surface area (Å²) in [5.41, 5.74) is 2.96. The summed E-state index contributed by atoms with van der Waals surface area (Å²) in [5, 5.41) is 6.56. The van der Waals surface area contributed by atoms with Crippen molar-refractivity contribution in [2.24, 2.45) is 15.9 Å². The van der Waals surface area contributed by atoms with Crippen LogP contribution in [0.25, 0.3) is 11.4 Å². The minimum atomic E-state index is -4.70.